The number of aromatic hydroxyl groups is 1. The Morgan fingerprint density at radius 1 is 0.971 bits per heavy atom. The molecular formula is C53H65N11O6. The fourth-order valence-corrected chi connectivity index (χ4v) is 10.9. The number of benzene rings is 2. The van der Waals surface area contributed by atoms with E-state index >= 15 is 0 Å². The summed E-state index contributed by atoms with van der Waals surface area (Å²) in [4.78, 5) is 63.1. The Labute approximate surface area is 409 Å². The summed E-state index contributed by atoms with van der Waals surface area (Å²) < 4.78 is 5.54. The van der Waals surface area contributed by atoms with Crippen LogP contribution in [0.25, 0.3) is 22.3 Å². The molecule has 7 heterocycles. The maximum Gasteiger partial charge on any atom is 0.318 e. The summed E-state index contributed by atoms with van der Waals surface area (Å²) in [6.45, 7) is 13.6. The van der Waals surface area contributed by atoms with Crippen LogP contribution in [-0.2, 0) is 22.6 Å². The molecule has 4 amide bonds. The van der Waals surface area contributed by atoms with Gasteiger partial charge in [0, 0.05) is 97.3 Å². The van der Waals surface area contributed by atoms with Gasteiger partial charge in [-0.25, -0.2) is 14.8 Å². The van der Waals surface area contributed by atoms with E-state index in [2.05, 4.69) is 54.4 Å². The van der Waals surface area contributed by atoms with Gasteiger partial charge in [-0.3, -0.25) is 9.59 Å². The van der Waals surface area contributed by atoms with Crippen molar-refractivity contribution in [1.29, 1.82) is 0 Å². The summed E-state index contributed by atoms with van der Waals surface area (Å²) in [6.07, 6.45) is 7.68. The van der Waals surface area contributed by atoms with Gasteiger partial charge in [0.05, 0.1) is 24.9 Å². The Morgan fingerprint density at radius 2 is 1.71 bits per heavy atom. The van der Waals surface area contributed by atoms with E-state index in [-0.39, 0.29) is 43.2 Å². The highest BCUT2D eigenvalue weighted by atomic mass is 16.5. The van der Waals surface area contributed by atoms with Crippen LogP contribution < -0.4 is 20.3 Å². The van der Waals surface area contributed by atoms with Gasteiger partial charge in [-0.2, -0.15) is 0 Å². The average Bonchev–Trinajstić information content (AvgIpc) is 3.95. The summed E-state index contributed by atoms with van der Waals surface area (Å²) in [5.74, 6) is 6.92. The largest absolute Gasteiger partial charge is 0.507 e. The number of piperidine rings is 2. The van der Waals surface area contributed by atoms with Gasteiger partial charge in [0.25, 0.3) is 0 Å². The smallest absolute Gasteiger partial charge is 0.318 e. The molecule has 0 unspecified atom stereocenters. The molecule has 4 aliphatic rings. The fourth-order valence-electron chi connectivity index (χ4n) is 10.9. The minimum Gasteiger partial charge on any atom is -0.507 e. The van der Waals surface area contributed by atoms with E-state index in [4.69, 9.17) is 14.7 Å². The molecule has 4 atom stereocenters. The van der Waals surface area contributed by atoms with Crippen molar-refractivity contribution < 1.29 is 29.3 Å². The lowest BCUT2D eigenvalue weighted by molar-refractivity contribution is -0.142. The second-order valence-corrected chi connectivity index (χ2v) is 20.3. The van der Waals surface area contributed by atoms with Gasteiger partial charge in [-0.05, 0) is 99.8 Å². The van der Waals surface area contributed by atoms with Gasteiger partial charge in [0.1, 0.15) is 23.6 Å². The summed E-state index contributed by atoms with van der Waals surface area (Å²) in [7, 11) is 1.56. The fraction of sp³-hybridized carbons (Fsp3) is 0.491. The minimum absolute atomic E-state index is 0.000277. The molecule has 0 aliphatic carbocycles. The number of phenolic OH excluding ortho intramolecular Hbond substituents is 1. The van der Waals surface area contributed by atoms with Crippen molar-refractivity contribution in [3.63, 3.8) is 0 Å². The molecule has 0 radical (unpaired) electrons. The molecule has 5 N–H and O–H groups in total. The SMILES string of the molecule is CC#Cc1ccc(CNC(=O)[C@@H]2C[C@@H](O)CN2C(=O)[C@@H](NC(=O)N2CCC(N3CCC(c4cnc(N5CCc6[nH]c7nnc(-c8ccccc8O)cc7c6[C@H]5C)nc4)CC3)CC2)C(C)(C)C)c(OC)c1. The number of H-pyrrole nitrogens is 1. The molecule has 3 aromatic heterocycles. The van der Waals surface area contributed by atoms with Crippen molar-refractivity contribution in [1.82, 2.24) is 50.5 Å². The maximum absolute atomic E-state index is 14.3. The number of hydrogen-bond donors (Lipinski definition) is 5. The van der Waals surface area contributed by atoms with Gasteiger partial charge >= 0.3 is 6.03 Å². The summed E-state index contributed by atoms with van der Waals surface area (Å²) in [6, 6.07) is 12.9. The van der Waals surface area contributed by atoms with Crippen LogP contribution in [0.5, 0.6) is 11.5 Å². The molecular weight excluding hydrogens is 887 g/mol. The van der Waals surface area contributed by atoms with Crippen molar-refractivity contribution >= 4 is 34.8 Å². The van der Waals surface area contributed by atoms with Gasteiger partial charge in [-0.1, -0.05) is 44.9 Å². The number of amides is 4. The lowest BCUT2D eigenvalue weighted by Crippen LogP contribution is -2.60. The van der Waals surface area contributed by atoms with Crippen molar-refractivity contribution in [2.45, 2.75) is 116 Å². The van der Waals surface area contributed by atoms with Gasteiger partial charge < -0.3 is 50.2 Å². The zero-order valence-corrected chi connectivity index (χ0v) is 41.0. The van der Waals surface area contributed by atoms with Crippen molar-refractivity contribution in [2.75, 3.05) is 51.3 Å². The molecule has 0 saturated carbocycles. The monoisotopic (exact) mass is 952 g/mol. The van der Waals surface area contributed by atoms with Crippen LogP contribution in [0.3, 0.4) is 0 Å². The Balaban J connectivity index is 0.760. The van der Waals surface area contributed by atoms with Gasteiger partial charge in [0.2, 0.25) is 17.8 Å². The predicted octanol–water partition coefficient (Wildman–Crippen LogP) is 5.67. The minimum atomic E-state index is -0.917. The molecule has 3 fully saturated rings. The third-order valence-electron chi connectivity index (χ3n) is 14.8. The summed E-state index contributed by atoms with van der Waals surface area (Å²) in [5.41, 5.74) is 6.32. The van der Waals surface area contributed by atoms with Crippen LogP contribution in [-0.4, -0.2) is 139 Å². The Bertz CT molecular complexity index is 2780. The van der Waals surface area contributed by atoms with E-state index in [1.165, 1.54) is 4.90 Å². The number of fused-ring (bicyclic) bond motifs is 3. The first kappa shape index (κ1) is 48.3. The topological polar surface area (TPSA) is 205 Å². The zero-order valence-electron chi connectivity index (χ0n) is 41.0. The van der Waals surface area contributed by atoms with E-state index in [1.807, 2.05) is 69.6 Å². The average molecular weight is 952 g/mol. The number of ether oxygens (including phenoxy) is 1. The standard InChI is InChI=1S/C53H65N11O6/c1-7-10-33-13-14-35(45(25-33)70-6)28-54-49(67)43-26-38(65)31-64(43)50(68)47(53(3,4)5)58-52(69)62-22-17-37(18-23-62)61-20-15-34(16-21-61)36-29-55-51(56-30-36)63-24-19-41-46(32(63)2)40-27-42(59-60-48(40)57-41)39-11-8-9-12-44(39)66/h8-9,11-14,25,27,29-30,32,34,37-38,43,47,65-66H,15-24,26,28,31H2,1-6H3,(H,54,67)(H,57,60)(H,58,69)/t32-,38-,43+,47-/m1/s1. The Morgan fingerprint density at radius 3 is 2.41 bits per heavy atom. The highest BCUT2D eigenvalue weighted by molar-refractivity contribution is 5.93. The number of likely N-dealkylation sites (tertiary alicyclic amines) is 3. The van der Waals surface area contributed by atoms with E-state index < -0.39 is 29.5 Å². The number of hydrogen-bond acceptors (Lipinski definition) is 12. The second-order valence-electron chi connectivity index (χ2n) is 20.3. The third kappa shape index (κ3) is 9.97. The number of rotatable bonds is 10. The van der Waals surface area contributed by atoms with Crippen molar-refractivity contribution in [3.8, 4) is 34.6 Å². The number of methoxy groups -OCH3 is 1. The molecule has 5 aromatic rings. The molecule has 17 heteroatoms. The van der Waals surface area contributed by atoms with E-state index in [0.717, 1.165) is 90.7 Å². The van der Waals surface area contributed by atoms with Crippen LogP contribution in [0.2, 0.25) is 0 Å². The first-order valence-corrected chi connectivity index (χ1v) is 24.6. The Kier molecular flexibility index (Phi) is 14.0. The lowest BCUT2D eigenvalue weighted by atomic mass is 9.85. The van der Waals surface area contributed by atoms with Crippen LogP contribution in [0.4, 0.5) is 10.7 Å². The van der Waals surface area contributed by atoms with E-state index in [9.17, 15) is 24.6 Å². The van der Waals surface area contributed by atoms with E-state index in [1.54, 1.807) is 31.1 Å². The zero-order chi connectivity index (χ0) is 49.3. The molecule has 4 aliphatic heterocycles. The summed E-state index contributed by atoms with van der Waals surface area (Å²) in [5, 5.41) is 37.0. The normalized spacial score (nSPS) is 20.7. The third-order valence-corrected chi connectivity index (χ3v) is 14.8. The maximum atomic E-state index is 14.3. The quantitative estimate of drug-likeness (QED) is 0.108. The number of phenols is 1. The molecule has 3 saturated heterocycles. The van der Waals surface area contributed by atoms with Crippen LogP contribution >= 0.6 is 0 Å². The van der Waals surface area contributed by atoms with Crippen LogP contribution in [0.15, 0.2) is 60.9 Å². The molecule has 17 nitrogen and oxygen atoms in total. The number of urea groups is 1. The first-order valence-electron chi connectivity index (χ1n) is 24.6. The number of aromatic amines is 1. The van der Waals surface area contributed by atoms with Crippen LogP contribution in [0.1, 0.15) is 107 Å². The second kappa shape index (κ2) is 20.3. The molecule has 2 aromatic carbocycles. The number of carbonyl (C=O) groups excluding carboxylic acids is 3. The molecule has 70 heavy (non-hydrogen) atoms. The van der Waals surface area contributed by atoms with Crippen LogP contribution in [0, 0.1) is 17.3 Å². The summed E-state index contributed by atoms with van der Waals surface area (Å²) >= 11 is 0. The number of aromatic nitrogens is 5. The Hall–Kier alpha value is -6.77. The molecule has 368 valence electrons. The molecule has 0 bridgehead atoms. The van der Waals surface area contributed by atoms with E-state index in [0.29, 0.717) is 48.0 Å². The predicted molar refractivity (Wildman–Crippen MR) is 266 cm³/mol. The number of β-amino-alcohol motifs (C(OH)–C–C–N with tert-alkyl or cyclic N) is 1. The number of anilines is 1. The number of carbonyl (C=O) groups is 3. The molecule has 0 spiro atoms. The highest BCUT2D eigenvalue weighted by Crippen LogP contribution is 2.39. The highest BCUT2D eigenvalue weighted by Gasteiger charge is 2.45. The first-order chi connectivity index (χ1) is 33.7. The van der Waals surface area contributed by atoms with Crippen molar-refractivity contribution in [2.24, 2.45) is 5.41 Å². The lowest BCUT2D eigenvalue weighted by Gasteiger charge is -2.42. The number of aliphatic hydroxyl groups is 1. The number of aliphatic hydroxyl groups excluding tert-OH is 1. The number of para-hydroxylation sites is 1. The van der Waals surface area contributed by atoms with Gasteiger partial charge in [-0.15, -0.1) is 16.1 Å². The van der Waals surface area contributed by atoms with Gasteiger partial charge in [0.15, 0.2) is 5.65 Å². The number of nitrogens with one attached hydrogen (secondary N) is 3. The molecule has 9 rings (SSSR count). The van der Waals surface area contributed by atoms with Crippen molar-refractivity contribution in [3.05, 3.63) is 88.9 Å². The number of nitrogens with zero attached hydrogens (tertiary/aromatic N) is 8.